The molecule has 0 unspecified atom stereocenters. The average Bonchev–Trinajstić information content (AvgIpc) is 3.44. The molecule has 4 rings (SSSR count). The smallest absolute Gasteiger partial charge is 0.311 e. The van der Waals surface area contributed by atoms with Crippen molar-refractivity contribution in [3.63, 3.8) is 0 Å². The van der Waals surface area contributed by atoms with Gasteiger partial charge in [0.25, 0.3) is 0 Å². The zero-order valence-corrected chi connectivity index (χ0v) is 18.9. The fourth-order valence-corrected chi connectivity index (χ4v) is 4.64. The lowest BCUT2D eigenvalue weighted by Crippen LogP contribution is -2.39. The summed E-state index contributed by atoms with van der Waals surface area (Å²) in [5.41, 5.74) is 6.58. The highest BCUT2D eigenvalue weighted by atomic mass is 35.5. The molecule has 0 bridgehead atoms. The minimum atomic E-state index is -0.943. The third-order valence-electron chi connectivity index (χ3n) is 5.16. The first-order chi connectivity index (χ1) is 15.5. The zero-order valence-electron chi connectivity index (χ0n) is 17.3. The van der Waals surface area contributed by atoms with E-state index in [4.69, 9.17) is 26.8 Å². The van der Waals surface area contributed by atoms with Gasteiger partial charge in [0.1, 0.15) is 18.1 Å². The number of methoxy groups -OCH3 is 1. The number of thiophene rings is 1. The maximum absolute atomic E-state index is 11.8. The molecule has 1 aliphatic rings. The number of nitrogens with zero attached hydrogens (tertiary/aromatic N) is 3. The van der Waals surface area contributed by atoms with Gasteiger partial charge in [-0.15, -0.1) is 21.5 Å². The summed E-state index contributed by atoms with van der Waals surface area (Å²) in [6.45, 7) is 1.68. The number of fused-ring (bicyclic) bond motifs is 1. The van der Waals surface area contributed by atoms with Gasteiger partial charge in [-0.1, -0.05) is 11.6 Å². The number of benzene rings is 1. The largest absolute Gasteiger partial charge is 0.490 e. The Kier molecular flexibility index (Phi) is 6.73. The van der Waals surface area contributed by atoms with Gasteiger partial charge in [0.2, 0.25) is 0 Å². The van der Waals surface area contributed by atoms with Gasteiger partial charge in [-0.2, -0.15) is 0 Å². The molecule has 1 aliphatic heterocycles. The van der Waals surface area contributed by atoms with Crippen molar-refractivity contribution in [1.82, 2.24) is 15.1 Å². The van der Waals surface area contributed by atoms with Crippen molar-refractivity contribution in [2.45, 2.75) is 12.5 Å². The minimum absolute atomic E-state index is 0.0489. The van der Waals surface area contributed by atoms with E-state index >= 15 is 0 Å². The van der Waals surface area contributed by atoms with Gasteiger partial charge in [-0.25, -0.2) is 0 Å². The topological polar surface area (TPSA) is 120 Å². The molecule has 3 heterocycles. The Bertz CT molecular complexity index is 1150. The molecule has 2 aromatic heterocycles. The normalized spacial score (nSPS) is 15.8. The Balaban J connectivity index is 1.60. The van der Waals surface area contributed by atoms with Crippen LogP contribution in [0, 0.1) is 0 Å². The number of anilines is 1. The fourth-order valence-electron chi connectivity index (χ4n) is 3.63. The molecule has 11 heteroatoms. The first-order valence-corrected chi connectivity index (χ1v) is 11.2. The number of nitrogens with one attached hydrogen (secondary N) is 1. The van der Waals surface area contributed by atoms with E-state index in [0.717, 1.165) is 15.6 Å². The maximum Gasteiger partial charge on any atom is 0.311 e. The summed E-state index contributed by atoms with van der Waals surface area (Å²) in [5, 5.41) is 15.7. The number of aromatic nitrogens is 2. The van der Waals surface area contributed by atoms with Gasteiger partial charge in [0.15, 0.2) is 5.82 Å². The van der Waals surface area contributed by atoms with Crippen molar-refractivity contribution in [1.29, 1.82) is 0 Å². The van der Waals surface area contributed by atoms with E-state index in [1.807, 2.05) is 17.5 Å². The summed E-state index contributed by atoms with van der Waals surface area (Å²) < 4.78 is 11.9. The molecule has 0 aliphatic carbocycles. The van der Waals surface area contributed by atoms with Gasteiger partial charge < -0.3 is 25.4 Å². The molecule has 0 spiro atoms. The monoisotopic (exact) mass is 475 g/mol. The van der Waals surface area contributed by atoms with Crippen LogP contribution in [0.15, 0.2) is 29.6 Å². The van der Waals surface area contributed by atoms with Gasteiger partial charge in [0, 0.05) is 42.2 Å². The highest BCUT2D eigenvalue weighted by Gasteiger charge is 2.29. The van der Waals surface area contributed by atoms with E-state index in [-0.39, 0.29) is 6.04 Å². The number of hydrogen-bond donors (Lipinski definition) is 2. The Hall–Kier alpha value is -2.95. The number of carbonyl (C=O) groups excluding carboxylic acids is 2. The first kappa shape index (κ1) is 22.3. The second-order valence-electron chi connectivity index (χ2n) is 7.29. The van der Waals surface area contributed by atoms with Gasteiger partial charge >= 0.3 is 11.8 Å². The first-order valence-electron chi connectivity index (χ1n) is 9.98. The summed E-state index contributed by atoms with van der Waals surface area (Å²) >= 11 is 7.72. The Morgan fingerprint density at radius 2 is 2.16 bits per heavy atom. The molecule has 0 radical (unpaired) electrons. The van der Waals surface area contributed by atoms with Crippen LogP contribution in [0.25, 0.3) is 21.3 Å². The third kappa shape index (κ3) is 4.62. The van der Waals surface area contributed by atoms with Crippen LogP contribution in [0.1, 0.15) is 6.42 Å². The molecule has 1 atom stereocenters. The number of halogens is 1. The Morgan fingerprint density at radius 1 is 1.31 bits per heavy atom. The van der Waals surface area contributed by atoms with Crippen LogP contribution in [0.5, 0.6) is 5.75 Å². The number of hydrogen-bond acceptors (Lipinski definition) is 8. The van der Waals surface area contributed by atoms with Crippen molar-refractivity contribution >= 4 is 50.7 Å². The molecular weight excluding hydrogens is 454 g/mol. The van der Waals surface area contributed by atoms with E-state index in [2.05, 4.69) is 15.5 Å². The van der Waals surface area contributed by atoms with E-state index in [1.165, 1.54) is 4.90 Å². The SMILES string of the molecule is COCCOc1cc(Cl)ccc1-c1nnc(N[C@H]2CCN(C(=O)C(N)=O)C2)c2sccc12. The minimum Gasteiger partial charge on any atom is -0.490 e. The van der Waals surface area contributed by atoms with Crippen molar-refractivity contribution < 1.29 is 19.1 Å². The molecule has 32 heavy (non-hydrogen) atoms. The van der Waals surface area contributed by atoms with E-state index in [0.29, 0.717) is 55.0 Å². The van der Waals surface area contributed by atoms with Crippen LogP contribution in [0.2, 0.25) is 5.02 Å². The zero-order chi connectivity index (χ0) is 22.7. The lowest BCUT2D eigenvalue weighted by molar-refractivity contribution is -0.143. The average molecular weight is 476 g/mol. The summed E-state index contributed by atoms with van der Waals surface area (Å²) in [6.07, 6.45) is 0.685. The molecule has 3 aromatic rings. The van der Waals surface area contributed by atoms with Crippen LogP contribution >= 0.6 is 22.9 Å². The predicted molar refractivity (Wildman–Crippen MR) is 123 cm³/mol. The molecule has 2 amide bonds. The number of rotatable bonds is 7. The molecule has 168 valence electrons. The lowest BCUT2D eigenvalue weighted by Gasteiger charge is -2.16. The van der Waals surface area contributed by atoms with Crippen LogP contribution < -0.4 is 15.8 Å². The summed E-state index contributed by atoms with van der Waals surface area (Å²) in [6, 6.07) is 7.34. The highest BCUT2D eigenvalue weighted by molar-refractivity contribution is 7.17. The molecule has 3 N–H and O–H groups in total. The van der Waals surface area contributed by atoms with E-state index < -0.39 is 11.8 Å². The quantitative estimate of drug-likeness (QED) is 0.398. The predicted octanol–water partition coefficient (Wildman–Crippen LogP) is 2.54. The molecule has 1 aromatic carbocycles. The second-order valence-corrected chi connectivity index (χ2v) is 8.64. The molecular formula is C21H22ClN5O4S. The van der Waals surface area contributed by atoms with Crippen molar-refractivity contribution in [2.24, 2.45) is 5.73 Å². The number of amides is 2. The fraction of sp³-hybridized carbons (Fsp3) is 0.333. The molecule has 1 saturated heterocycles. The number of nitrogens with two attached hydrogens (primary N) is 1. The van der Waals surface area contributed by atoms with Gasteiger partial charge in [-0.05, 0) is 36.1 Å². The number of primary amides is 1. The van der Waals surface area contributed by atoms with Crippen LogP contribution in [-0.4, -0.2) is 66.4 Å². The van der Waals surface area contributed by atoms with Crippen LogP contribution in [-0.2, 0) is 14.3 Å². The second kappa shape index (κ2) is 9.68. The lowest BCUT2D eigenvalue weighted by atomic mass is 10.1. The molecule has 0 saturated carbocycles. The number of likely N-dealkylation sites (tertiary alicyclic amines) is 1. The van der Waals surface area contributed by atoms with E-state index in [1.54, 1.807) is 30.6 Å². The Labute approximate surface area is 193 Å². The van der Waals surface area contributed by atoms with E-state index in [9.17, 15) is 9.59 Å². The van der Waals surface area contributed by atoms with Gasteiger partial charge in [0.05, 0.1) is 11.3 Å². The van der Waals surface area contributed by atoms with Crippen molar-refractivity contribution in [3.05, 3.63) is 34.7 Å². The highest BCUT2D eigenvalue weighted by Crippen LogP contribution is 2.39. The molecule has 9 nitrogen and oxygen atoms in total. The van der Waals surface area contributed by atoms with Crippen LogP contribution in [0.4, 0.5) is 5.82 Å². The standard InChI is InChI=1S/C21H22ClN5O4S/c1-30-7-8-31-16-10-12(22)2-3-14(16)17-15-5-9-32-18(15)20(26-25-17)24-13-4-6-27(11-13)21(29)19(23)28/h2-3,5,9-10,13H,4,6-8,11H2,1H3,(H2,23,28)(H,24,26)/t13-/m0/s1. The van der Waals surface area contributed by atoms with Crippen LogP contribution in [0.3, 0.4) is 0 Å². The summed E-state index contributed by atoms with van der Waals surface area (Å²) in [4.78, 5) is 24.4. The van der Waals surface area contributed by atoms with Crippen molar-refractivity contribution in [3.8, 4) is 17.0 Å². The number of carbonyl (C=O) groups is 2. The van der Waals surface area contributed by atoms with Crippen molar-refractivity contribution in [2.75, 3.05) is 38.7 Å². The number of ether oxygens (including phenoxy) is 2. The molecule has 1 fully saturated rings. The maximum atomic E-state index is 11.8. The summed E-state index contributed by atoms with van der Waals surface area (Å²) in [7, 11) is 1.61. The Morgan fingerprint density at radius 3 is 2.94 bits per heavy atom. The van der Waals surface area contributed by atoms with Gasteiger partial charge in [-0.3, -0.25) is 9.59 Å². The third-order valence-corrected chi connectivity index (χ3v) is 6.31. The summed E-state index contributed by atoms with van der Waals surface area (Å²) in [5.74, 6) is -0.371.